The largest absolute Gasteiger partial charge is 0.456 e. The monoisotopic (exact) mass is 229 g/mol. The first kappa shape index (κ1) is 11.5. The molecule has 0 unspecified atom stereocenters. The lowest BCUT2D eigenvalue weighted by atomic mass is 10.1. The van der Waals surface area contributed by atoms with Gasteiger partial charge in [0.25, 0.3) is 5.91 Å². The van der Waals surface area contributed by atoms with Crippen molar-refractivity contribution in [1.29, 1.82) is 0 Å². The van der Waals surface area contributed by atoms with E-state index in [1.54, 1.807) is 12.1 Å². The number of furan rings is 1. The molecule has 1 aromatic heterocycles. The summed E-state index contributed by atoms with van der Waals surface area (Å²) in [5.74, 6) is 0.961. The molecule has 2 aromatic rings. The van der Waals surface area contributed by atoms with Crippen molar-refractivity contribution in [1.82, 2.24) is 5.32 Å². The Bertz CT molecular complexity index is 488. The second-order valence-electron chi connectivity index (χ2n) is 3.90. The Morgan fingerprint density at radius 2 is 1.94 bits per heavy atom. The van der Waals surface area contributed by atoms with E-state index in [4.69, 9.17) is 4.42 Å². The van der Waals surface area contributed by atoms with Crippen LogP contribution < -0.4 is 5.32 Å². The summed E-state index contributed by atoms with van der Waals surface area (Å²) in [6.07, 6.45) is 0.826. The highest BCUT2D eigenvalue weighted by atomic mass is 16.3. The van der Waals surface area contributed by atoms with Crippen LogP contribution in [0.3, 0.4) is 0 Å². The van der Waals surface area contributed by atoms with Gasteiger partial charge in [-0.15, -0.1) is 0 Å². The quantitative estimate of drug-likeness (QED) is 0.875. The van der Waals surface area contributed by atoms with Crippen LogP contribution in [-0.2, 0) is 6.42 Å². The molecule has 1 N–H and O–H groups in total. The Morgan fingerprint density at radius 1 is 1.18 bits per heavy atom. The van der Waals surface area contributed by atoms with Crippen molar-refractivity contribution in [3.63, 3.8) is 0 Å². The Balaban J connectivity index is 1.81. The zero-order valence-corrected chi connectivity index (χ0v) is 9.77. The third-order valence-electron chi connectivity index (χ3n) is 2.51. The summed E-state index contributed by atoms with van der Waals surface area (Å²) in [5, 5.41) is 2.83. The molecule has 0 saturated heterocycles. The van der Waals surface area contributed by atoms with Crippen molar-refractivity contribution in [2.45, 2.75) is 13.3 Å². The SMILES string of the molecule is Cc1ccc(C(=O)NCCc2ccccc2)o1. The minimum atomic E-state index is -0.158. The average Bonchev–Trinajstić information content (AvgIpc) is 2.77. The lowest BCUT2D eigenvalue weighted by Crippen LogP contribution is -2.25. The summed E-state index contributed by atoms with van der Waals surface area (Å²) < 4.78 is 5.24. The third-order valence-corrected chi connectivity index (χ3v) is 2.51. The fourth-order valence-corrected chi connectivity index (χ4v) is 1.61. The zero-order valence-electron chi connectivity index (χ0n) is 9.77. The predicted molar refractivity (Wildman–Crippen MR) is 65.9 cm³/mol. The normalized spacial score (nSPS) is 10.2. The summed E-state index contributed by atoms with van der Waals surface area (Å²) in [5.41, 5.74) is 1.21. The van der Waals surface area contributed by atoms with Gasteiger partial charge < -0.3 is 9.73 Å². The lowest BCUT2D eigenvalue weighted by Gasteiger charge is -2.03. The number of carbonyl (C=O) groups excluding carboxylic acids is 1. The van der Waals surface area contributed by atoms with Crippen LogP contribution >= 0.6 is 0 Å². The maximum Gasteiger partial charge on any atom is 0.287 e. The van der Waals surface area contributed by atoms with Crippen molar-refractivity contribution in [2.24, 2.45) is 0 Å². The van der Waals surface area contributed by atoms with Crippen molar-refractivity contribution >= 4 is 5.91 Å². The maximum absolute atomic E-state index is 11.6. The van der Waals surface area contributed by atoms with E-state index in [0.29, 0.717) is 12.3 Å². The fourth-order valence-electron chi connectivity index (χ4n) is 1.61. The van der Waals surface area contributed by atoms with Gasteiger partial charge in [-0.05, 0) is 31.0 Å². The van der Waals surface area contributed by atoms with Crippen LogP contribution in [0.1, 0.15) is 21.9 Å². The lowest BCUT2D eigenvalue weighted by molar-refractivity contribution is 0.0925. The molecule has 17 heavy (non-hydrogen) atoms. The van der Waals surface area contributed by atoms with E-state index in [9.17, 15) is 4.79 Å². The van der Waals surface area contributed by atoms with E-state index in [1.165, 1.54) is 5.56 Å². The summed E-state index contributed by atoms with van der Waals surface area (Å²) >= 11 is 0. The molecular formula is C14H15NO2. The number of nitrogens with one attached hydrogen (secondary N) is 1. The van der Waals surface area contributed by atoms with Gasteiger partial charge in [0.1, 0.15) is 5.76 Å². The third kappa shape index (κ3) is 3.21. The van der Waals surface area contributed by atoms with Gasteiger partial charge in [-0.25, -0.2) is 0 Å². The fraction of sp³-hybridized carbons (Fsp3) is 0.214. The van der Waals surface area contributed by atoms with Crippen LogP contribution in [-0.4, -0.2) is 12.5 Å². The molecule has 0 bridgehead atoms. The highest BCUT2D eigenvalue weighted by Crippen LogP contribution is 2.05. The molecule has 2 rings (SSSR count). The minimum Gasteiger partial charge on any atom is -0.456 e. The second kappa shape index (κ2) is 5.34. The summed E-state index contributed by atoms with van der Waals surface area (Å²) in [4.78, 5) is 11.6. The van der Waals surface area contributed by atoms with Gasteiger partial charge in [-0.2, -0.15) is 0 Å². The number of aryl methyl sites for hydroxylation is 1. The number of benzene rings is 1. The van der Waals surface area contributed by atoms with E-state index in [2.05, 4.69) is 5.32 Å². The number of amides is 1. The molecule has 0 atom stereocenters. The van der Waals surface area contributed by atoms with Gasteiger partial charge in [0.05, 0.1) is 0 Å². The van der Waals surface area contributed by atoms with Crippen molar-refractivity contribution < 1.29 is 9.21 Å². The van der Waals surface area contributed by atoms with Gasteiger partial charge >= 0.3 is 0 Å². The standard InChI is InChI=1S/C14H15NO2/c1-11-7-8-13(17-11)14(16)15-10-9-12-5-3-2-4-6-12/h2-8H,9-10H2,1H3,(H,15,16). The molecule has 1 amide bonds. The molecule has 3 heteroatoms. The van der Waals surface area contributed by atoms with E-state index in [0.717, 1.165) is 12.2 Å². The Morgan fingerprint density at radius 3 is 2.59 bits per heavy atom. The first-order chi connectivity index (χ1) is 8.25. The topological polar surface area (TPSA) is 42.2 Å². The number of hydrogen-bond donors (Lipinski definition) is 1. The van der Waals surface area contributed by atoms with Crippen molar-refractivity contribution in [3.8, 4) is 0 Å². The zero-order chi connectivity index (χ0) is 12.1. The van der Waals surface area contributed by atoms with Crippen LogP contribution in [0.15, 0.2) is 46.9 Å². The Labute approximate surface area is 100 Å². The molecule has 0 aliphatic heterocycles. The van der Waals surface area contributed by atoms with Crippen LogP contribution in [0, 0.1) is 6.92 Å². The van der Waals surface area contributed by atoms with Gasteiger partial charge in [0.15, 0.2) is 5.76 Å². The van der Waals surface area contributed by atoms with Crippen LogP contribution in [0.4, 0.5) is 0 Å². The Kier molecular flexibility index (Phi) is 3.60. The predicted octanol–water partition coefficient (Wildman–Crippen LogP) is 2.56. The molecule has 0 fully saturated rings. The number of rotatable bonds is 4. The van der Waals surface area contributed by atoms with Gasteiger partial charge in [-0.1, -0.05) is 30.3 Å². The van der Waals surface area contributed by atoms with E-state index < -0.39 is 0 Å². The molecule has 88 valence electrons. The van der Waals surface area contributed by atoms with Gasteiger partial charge in [0.2, 0.25) is 0 Å². The molecule has 0 saturated carbocycles. The number of hydrogen-bond acceptors (Lipinski definition) is 2. The molecular weight excluding hydrogens is 214 g/mol. The Hall–Kier alpha value is -2.03. The summed E-state index contributed by atoms with van der Waals surface area (Å²) in [6.45, 7) is 2.43. The van der Waals surface area contributed by atoms with Crippen molar-refractivity contribution in [2.75, 3.05) is 6.54 Å². The molecule has 3 nitrogen and oxygen atoms in total. The highest BCUT2D eigenvalue weighted by molar-refractivity contribution is 5.91. The molecule has 1 aromatic carbocycles. The number of carbonyl (C=O) groups is 1. The molecule has 0 aliphatic rings. The van der Waals surface area contributed by atoms with Crippen LogP contribution in [0.25, 0.3) is 0 Å². The van der Waals surface area contributed by atoms with Crippen LogP contribution in [0.5, 0.6) is 0 Å². The van der Waals surface area contributed by atoms with Crippen LogP contribution in [0.2, 0.25) is 0 Å². The molecule has 0 radical (unpaired) electrons. The minimum absolute atomic E-state index is 0.158. The summed E-state index contributed by atoms with van der Waals surface area (Å²) in [7, 11) is 0. The smallest absolute Gasteiger partial charge is 0.287 e. The van der Waals surface area contributed by atoms with Gasteiger partial charge in [-0.3, -0.25) is 4.79 Å². The molecule has 0 spiro atoms. The van der Waals surface area contributed by atoms with E-state index in [1.807, 2.05) is 37.3 Å². The highest BCUT2D eigenvalue weighted by Gasteiger charge is 2.08. The first-order valence-electron chi connectivity index (χ1n) is 5.64. The van der Waals surface area contributed by atoms with E-state index in [-0.39, 0.29) is 5.91 Å². The summed E-state index contributed by atoms with van der Waals surface area (Å²) in [6, 6.07) is 13.5. The molecule has 0 aliphatic carbocycles. The average molecular weight is 229 g/mol. The first-order valence-corrected chi connectivity index (χ1v) is 5.64. The van der Waals surface area contributed by atoms with Gasteiger partial charge in [0, 0.05) is 6.54 Å². The maximum atomic E-state index is 11.6. The second-order valence-corrected chi connectivity index (χ2v) is 3.90. The van der Waals surface area contributed by atoms with Crippen molar-refractivity contribution in [3.05, 3.63) is 59.5 Å². The van der Waals surface area contributed by atoms with E-state index >= 15 is 0 Å². The molecule has 1 heterocycles.